The zero-order chi connectivity index (χ0) is 17.3. The Morgan fingerprint density at radius 2 is 2.08 bits per heavy atom. The Kier molecular flexibility index (Phi) is 4.44. The van der Waals surface area contributed by atoms with Gasteiger partial charge in [-0.05, 0) is 17.7 Å². The van der Waals surface area contributed by atoms with Gasteiger partial charge < -0.3 is 19.7 Å². The second-order valence-corrected chi connectivity index (χ2v) is 5.80. The van der Waals surface area contributed by atoms with Crippen molar-refractivity contribution in [3.63, 3.8) is 0 Å². The fourth-order valence-electron chi connectivity index (χ4n) is 3.08. The zero-order valence-corrected chi connectivity index (χ0v) is 14.0. The SMILES string of the molecule is COCCN1CC2=C(C1=O)C(c1cccc(OC)c1)NC(=O)N2C. The van der Waals surface area contributed by atoms with E-state index in [1.54, 1.807) is 26.2 Å². The van der Waals surface area contributed by atoms with Gasteiger partial charge in [-0.3, -0.25) is 9.69 Å². The number of likely N-dealkylation sites (N-methyl/N-ethyl adjacent to an activating group) is 1. The summed E-state index contributed by atoms with van der Waals surface area (Å²) in [5.74, 6) is 0.617. The van der Waals surface area contributed by atoms with Gasteiger partial charge in [-0.25, -0.2) is 4.79 Å². The minimum atomic E-state index is -0.473. The van der Waals surface area contributed by atoms with Crippen LogP contribution >= 0.6 is 0 Å². The van der Waals surface area contributed by atoms with Crippen LogP contribution in [0.1, 0.15) is 11.6 Å². The van der Waals surface area contributed by atoms with Gasteiger partial charge in [-0.1, -0.05) is 12.1 Å². The molecule has 7 heteroatoms. The number of methoxy groups -OCH3 is 2. The molecule has 0 aliphatic carbocycles. The molecule has 0 saturated heterocycles. The Morgan fingerprint density at radius 1 is 1.29 bits per heavy atom. The van der Waals surface area contributed by atoms with Crippen molar-refractivity contribution in [3.05, 3.63) is 41.1 Å². The van der Waals surface area contributed by atoms with Crippen LogP contribution in [-0.2, 0) is 9.53 Å². The van der Waals surface area contributed by atoms with Crippen molar-refractivity contribution in [1.29, 1.82) is 0 Å². The number of carbonyl (C=O) groups excluding carboxylic acids is 2. The summed E-state index contributed by atoms with van der Waals surface area (Å²) < 4.78 is 10.3. The molecule has 1 unspecified atom stereocenters. The van der Waals surface area contributed by atoms with Crippen LogP contribution < -0.4 is 10.1 Å². The molecule has 1 aromatic rings. The molecule has 0 spiro atoms. The molecule has 0 radical (unpaired) electrons. The lowest BCUT2D eigenvalue weighted by Crippen LogP contribution is -2.45. The number of benzene rings is 1. The maximum Gasteiger partial charge on any atom is 0.322 e. The lowest BCUT2D eigenvalue weighted by Gasteiger charge is -2.31. The Bertz CT molecular complexity index is 701. The second kappa shape index (κ2) is 6.52. The number of ether oxygens (including phenoxy) is 2. The third-order valence-corrected chi connectivity index (χ3v) is 4.43. The Morgan fingerprint density at radius 3 is 2.79 bits per heavy atom. The van der Waals surface area contributed by atoms with Crippen LogP contribution in [-0.4, -0.2) is 62.7 Å². The van der Waals surface area contributed by atoms with E-state index in [9.17, 15) is 9.59 Å². The molecule has 24 heavy (non-hydrogen) atoms. The molecular formula is C17H21N3O4. The van der Waals surface area contributed by atoms with E-state index < -0.39 is 6.04 Å². The fourth-order valence-corrected chi connectivity index (χ4v) is 3.08. The van der Waals surface area contributed by atoms with Gasteiger partial charge in [-0.15, -0.1) is 0 Å². The van der Waals surface area contributed by atoms with Crippen LogP contribution in [0.25, 0.3) is 0 Å². The molecule has 0 aromatic heterocycles. The van der Waals surface area contributed by atoms with Gasteiger partial charge in [0.2, 0.25) is 0 Å². The minimum absolute atomic E-state index is 0.0679. The number of nitrogens with zero attached hydrogens (tertiary/aromatic N) is 2. The predicted octanol–water partition coefficient (Wildman–Crippen LogP) is 1.13. The molecule has 0 bridgehead atoms. The summed E-state index contributed by atoms with van der Waals surface area (Å²) >= 11 is 0. The Hall–Kier alpha value is -2.54. The molecule has 7 nitrogen and oxygen atoms in total. The average Bonchev–Trinajstić information content (AvgIpc) is 2.93. The number of amides is 3. The molecule has 0 saturated carbocycles. The maximum absolute atomic E-state index is 12.8. The van der Waals surface area contributed by atoms with E-state index in [4.69, 9.17) is 9.47 Å². The molecule has 3 rings (SSSR count). The first kappa shape index (κ1) is 16.3. The standard InChI is InChI=1S/C17H21N3O4/c1-19-13-10-20(7-8-23-2)16(21)14(13)15(18-17(19)22)11-5-4-6-12(9-11)24-3/h4-6,9,15H,7-8,10H2,1-3H3,(H,18,22). The van der Waals surface area contributed by atoms with E-state index in [0.29, 0.717) is 31.0 Å². The van der Waals surface area contributed by atoms with Crippen LogP contribution in [0.15, 0.2) is 35.5 Å². The highest BCUT2D eigenvalue weighted by Crippen LogP contribution is 2.36. The number of urea groups is 1. The number of hydrogen-bond acceptors (Lipinski definition) is 4. The summed E-state index contributed by atoms with van der Waals surface area (Å²) in [6.07, 6.45) is 0. The van der Waals surface area contributed by atoms with Gasteiger partial charge >= 0.3 is 6.03 Å². The van der Waals surface area contributed by atoms with Crippen molar-refractivity contribution < 1.29 is 19.1 Å². The van der Waals surface area contributed by atoms with E-state index in [2.05, 4.69) is 5.32 Å². The summed E-state index contributed by atoms with van der Waals surface area (Å²) in [6, 6.07) is 6.71. The topological polar surface area (TPSA) is 71.1 Å². The summed E-state index contributed by atoms with van der Waals surface area (Å²) in [4.78, 5) is 28.4. The predicted molar refractivity (Wildman–Crippen MR) is 87.5 cm³/mol. The fraction of sp³-hybridized carbons (Fsp3) is 0.412. The van der Waals surface area contributed by atoms with Crippen molar-refractivity contribution in [2.45, 2.75) is 6.04 Å². The largest absolute Gasteiger partial charge is 0.497 e. The number of rotatable bonds is 5. The lowest BCUT2D eigenvalue weighted by atomic mass is 9.95. The molecule has 2 aliphatic heterocycles. The second-order valence-electron chi connectivity index (χ2n) is 5.80. The van der Waals surface area contributed by atoms with Crippen molar-refractivity contribution in [2.24, 2.45) is 0 Å². The first-order valence-electron chi connectivity index (χ1n) is 7.76. The Balaban J connectivity index is 1.97. The van der Waals surface area contributed by atoms with E-state index in [1.165, 1.54) is 4.90 Å². The Labute approximate surface area is 140 Å². The highest BCUT2D eigenvalue weighted by atomic mass is 16.5. The van der Waals surface area contributed by atoms with E-state index >= 15 is 0 Å². The molecular weight excluding hydrogens is 310 g/mol. The van der Waals surface area contributed by atoms with Gasteiger partial charge in [0.25, 0.3) is 5.91 Å². The molecule has 2 heterocycles. The van der Waals surface area contributed by atoms with Crippen LogP contribution in [0.2, 0.25) is 0 Å². The van der Waals surface area contributed by atoms with Gasteiger partial charge in [-0.2, -0.15) is 0 Å². The number of nitrogens with one attached hydrogen (secondary N) is 1. The molecule has 1 atom stereocenters. The van der Waals surface area contributed by atoms with Crippen LogP contribution in [0, 0.1) is 0 Å². The molecule has 1 N–H and O–H groups in total. The summed E-state index contributed by atoms with van der Waals surface area (Å²) in [5.41, 5.74) is 2.18. The zero-order valence-electron chi connectivity index (χ0n) is 14.0. The molecule has 0 fully saturated rings. The first-order valence-corrected chi connectivity index (χ1v) is 7.76. The summed E-state index contributed by atoms with van der Waals surface area (Å²) in [7, 11) is 4.87. The smallest absolute Gasteiger partial charge is 0.322 e. The summed E-state index contributed by atoms with van der Waals surface area (Å²) in [6.45, 7) is 1.37. The average molecular weight is 331 g/mol. The maximum atomic E-state index is 12.8. The molecule has 1 aromatic carbocycles. The first-order chi connectivity index (χ1) is 11.6. The van der Waals surface area contributed by atoms with E-state index in [0.717, 1.165) is 11.3 Å². The highest BCUT2D eigenvalue weighted by molar-refractivity contribution is 6.01. The van der Waals surface area contributed by atoms with Crippen molar-refractivity contribution in [2.75, 3.05) is 41.0 Å². The van der Waals surface area contributed by atoms with Crippen LogP contribution in [0.4, 0.5) is 4.79 Å². The number of carbonyl (C=O) groups is 2. The normalized spacial score (nSPS) is 20.4. The van der Waals surface area contributed by atoms with Gasteiger partial charge in [0.05, 0.1) is 37.6 Å². The highest BCUT2D eigenvalue weighted by Gasteiger charge is 2.42. The van der Waals surface area contributed by atoms with Gasteiger partial charge in [0, 0.05) is 20.7 Å². The van der Waals surface area contributed by atoms with Gasteiger partial charge in [0.1, 0.15) is 5.75 Å². The van der Waals surface area contributed by atoms with E-state index in [1.807, 2.05) is 24.3 Å². The van der Waals surface area contributed by atoms with Crippen LogP contribution in [0.3, 0.4) is 0 Å². The summed E-state index contributed by atoms with van der Waals surface area (Å²) in [5, 5.41) is 2.91. The minimum Gasteiger partial charge on any atom is -0.497 e. The third-order valence-electron chi connectivity index (χ3n) is 4.43. The van der Waals surface area contributed by atoms with Crippen molar-refractivity contribution in [1.82, 2.24) is 15.1 Å². The van der Waals surface area contributed by atoms with Crippen molar-refractivity contribution in [3.8, 4) is 5.75 Å². The quantitative estimate of drug-likeness (QED) is 0.878. The van der Waals surface area contributed by atoms with Crippen LogP contribution in [0.5, 0.6) is 5.75 Å². The van der Waals surface area contributed by atoms with E-state index in [-0.39, 0.29) is 11.9 Å². The lowest BCUT2D eigenvalue weighted by molar-refractivity contribution is -0.126. The van der Waals surface area contributed by atoms with Gasteiger partial charge in [0.15, 0.2) is 0 Å². The van der Waals surface area contributed by atoms with Crippen molar-refractivity contribution >= 4 is 11.9 Å². The molecule has 2 aliphatic rings. The monoisotopic (exact) mass is 331 g/mol. The molecule has 3 amide bonds. The number of hydrogen-bond donors (Lipinski definition) is 1. The molecule has 128 valence electrons. The third kappa shape index (κ3) is 2.71.